The molecule has 0 aliphatic carbocycles. The molecule has 0 aliphatic rings. The molecule has 2 rings (SSSR count). The molecule has 1 amide bonds. The van der Waals surface area contributed by atoms with E-state index in [2.05, 4.69) is 10.0 Å². The summed E-state index contributed by atoms with van der Waals surface area (Å²) in [6.07, 6.45) is 1.03. The van der Waals surface area contributed by atoms with E-state index in [-0.39, 0.29) is 28.6 Å². The second-order valence-corrected chi connectivity index (χ2v) is 10.7. The first-order valence-electron chi connectivity index (χ1n) is 9.08. The number of amides is 1. The van der Waals surface area contributed by atoms with Crippen LogP contribution in [0.4, 0.5) is 11.4 Å². The predicted octanol–water partition coefficient (Wildman–Crippen LogP) is 3.30. The van der Waals surface area contributed by atoms with E-state index in [0.29, 0.717) is 16.9 Å². The van der Waals surface area contributed by atoms with Gasteiger partial charge in [-0.1, -0.05) is 31.5 Å². The molecule has 0 radical (unpaired) electrons. The zero-order valence-corrected chi connectivity index (χ0v) is 19.5. The van der Waals surface area contributed by atoms with Gasteiger partial charge in [-0.3, -0.25) is 9.52 Å². The second-order valence-electron chi connectivity index (χ2n) is 6.59. The first-order chi connectivity index (χ1) is 13.9. The molecule has 0 unspecified atom stereocenters. The van der Waals surface area contributed by atoms with Crippen LogP contribution >= 0.6 is 11.6 Å². The van der Waals surface area contributed by atoms with Crippen LogP contribution in [0.15, 0.2) is 41.3 Å². The lowest BCUT2D eigenvalue weighted by atomic mass is 10.1. The maximum absolute atomic E-state index is 12.8. The van der Waals surface area contributed by atoms with E-state index in [1.54, 1.807) is 32.9 Å². The van der Waals surface area contributed by atoms with Crippen LogP contribution in [0.5, 0.6) is 0 Å². The highest BCUT2D eigenvalue weighted by Gasteiger charge is 2.25. The van der Waals surface area contributed by atoms with Gasteiger partial charge in [-0.25, -0.2) is 16.8 Å². The Kier molecular flexibility index (Phi) is 7.51. The third-order valence-corrected chi connectivity index (χ3v) is 7.43. The number of aryl methyl sites for hydroxylation is 1. The summed E-state index contributed by atoms with van der Waals surface area (Å²) in [6.45, 7) is 5.69. The summed E-state index contributed by atoms with van der Waals surface area (Å²) in [6, 6.07) is 8.76. The Labute approximate surface area is 182 Å². The van der Waals surface area contributed by atoms with Crippen LogP contribution < -0.4 is 10.0 Å². The fourth-order valence-electron chi connectivity index (χ4n) is 2.76. The molecule has 164 valence electrons. The molecule has 0 saturated carbocycles. The normalized spacial score (nSPS) is 12.1. The van der Waals surface area contributed by atoms with Crippen molar-refractivity contribution >= 4 is 48.9 Å². The summed E-state index contributed by atoms with van der Waals surface area (Å²) >= 11 is 6.10. The first-order valence-corrected chi connectivity index (χ1v) is 12.8. The quantitative estimate of drug-likeness (QED) is 0.610. The van der Waals surface area contributed by atoms with Crippen molar-refractivity contribution < 1.29 is 21.6 Å². The fraction of sp³-hybridized carbons (Fsp3) is 0.316. The smallest absolute Gasteiger partial charge is 0.255 e. The number of nitrogens with one attached hydrogen (secondary N) is 2. The highest BCUT2D eigenvalue weighted by Crippen LogP contribution is 2.27. The third kappa shape index (κ3) is 5.72. The third-order valence-electron chi connectivity index (χ3n) is 4.31. The summed E-state index contributed by atoms with van der Waals surface area (Å²) in [5, 5.41) is 2.66. The van der Waals surface area contributed by atoms with Crippen LogP contribution in [0.2, 0.25) is 5.02 Å². The maximum atomic E-state index is 12.8. The van der Waals surface area contributed by atoms with E-state index in [1.165, 1.54) is 28.6 Å². The SMILES string of the molecule is CCN(CC)S(=O)(=O)c1cc(C(=O)Nc2ccc(C)c(NS(C)(=O)=O)c2)ccc1Cl. The largest absolute Gasteiger partial charge is 0.322 e. The number of nitrogens with zero attached hydrogens (tertiary/aromatic N) is 1. The first kappa shape index (κ1) is 24.1. The highest BCUT2D eigenvalue weighted by molar-refractivity contribution is 7.92. The van der Waals surface area contributed by atoms with Gasteiger partial charge >= 0.3 is 0 Å². The average molecular weight is 474 g/mol. The molecule has 0 saturated heterocycles. The minimum Gasteiger partial charge on any atom is -0.322 e. The molecule has 8 nitrogen and oxygen atoms in total. The van der Waals surface area contributed by atoms with E-state index >= 15 is 0 Å². The lowest BCUT2D eigenvalue weighted by Gasteiger charge is -2.19. The molecule has 0 aromatic heterocycles. The van der Waals surface area contributed by atoms with Gasteiger partial charge in [-0.15, -0.1) is 0 Å². The van der Waals surface area contributed by atoms with Crippen molar-refractivity contribution in [3.05, 3.63) is 52.5 Å². The van der Waals surface area contributed by atoms with Gasteiger partial charge in [0, 0.05) is 24.3 Å². The van der Waals surface area contributed by atoms with Gasteiger partial charge in [0.1, 0.15) is 4.90 Å². The molecule has 0 heterocycles. The van der Waals surface area contributed by atoms with Crippen LogP contribution in [0, 0.1) is 6.92 Å². The van der Waals surface area contributed by atoms with Crippen molar-refractivity contribution in [3.8, 4) is 0 Å². The van der Waals surface area contributed by atoms with Gasteiger partial charge in [0.25, 0.3) is 5.91 Å². The van der Waals surface area contributed by atoms with Crippen LogP contribution in [-0.4, -0.2) is 46.4 Å². The Balaban J connectivity index is 2.36. The summed E-state index contributed by atoms with van der Waals surface area (Å²) in [5.74, 6) is -0.558. The summed E-state index contributed by atoms with van der Waals surface area (Å²) in [4.78, 5) is 12.5. The summed E-state index contributed by atoms with van der Waals surface area (Å²) < 4.78 is 52.3. The number of carbonyl (C=O) groups excluding carboxylic acids is 1. The Morgan fingerprint density at radius 1 is 1.03 bits per heavy atom. The lowest BCUT2D eigenvalue weighted by molar-refractivity contribution is 0.102. The molecule has 0 atom stereocenters. The number of rotatable bonds is 8. The number of sulfonamides is 2. The average Bonchev–Trinajstić information content (AvgIpc) is 2.64. The number of carbonyl (C=O) groups is 1. The Bertz CT molecular complexity index is 1160. The molecule has 11 heteroatoms. The van der Waals surface area contributed by atoms with Crippen LogP contribution in [0.3, 0.4) is 0 Å². The van der Waals surface area contributed by atoms with E-state index in [4.69, 9.17) is 11.6 Å². The summed E-state index contributed by atoms with van der Waals surface area (Å²) in [7, 11) is -7.33. The highest BCUT2D eigenvalue weighted by atomic mass is 35.5. The zero-order chi connectivity index (χ0) is 22.7. The number of hydrogen-bond acceptors (Lipinski definition) is 5. The number of benzene rings is 2. The van der Waals surface area contributed by atoms with Crippen molar-refractivity contribution in [1.29, 1.82) is 0 Å². The Hall–Kier alpha value is -2.14. The van der Waals surface area contributed by atoms with Gasteiger partial charge < -0.3 is 5.32 Å². The van der Waals surface area contributed by atoms with Crippen LogP contribution in [0.25, 0.3) is 0 Å². The number of hydrogen-bond donors (Lipinski definition) is 2. The van der Waals surface area contributed by atoms with Crippen molar-refractivity contribution in [3.63, 3.8) is 0 Å². The standard InChI is InChI=1S/C19H24ClN3O5S2/c1-5-23(6-2)30(27,28)18-11-14(8-10-16(18)20)19(24)21-15-9-7-13(3)17(12-15)22-29(4,25)26/h7-12,22H,5-6H2,1-4H3,(H,21,24). The van der Waals surface area contributed by atoms with Crippen molar-refractivity contribution in [2.75, 3.05) is 29.4 Å². The molecular formula is C19H24ClN3O5S2. The van der Waals surface area contributed by atoms with Gasteiger partial charge in [0.15, 0.2) is 0 Å². The van der Waals surface area contributed by atoms with Crippen LogP contribution in [0.1, 0.15) is 29.8 Å². The Morgan fingerprint density at radius 2 is 1.67 bits per heavy atom. The fourth-order valence-corrected chi connectivity index (χ4v) is 5.34. The van der Waals surface area contributed by atoms with Gasteiger partial charge in [-0.2, -0.15) is 4.31 Å². The number of anilines is 2. The lowest BCUT2D eigenvalue weighted by Crippen LogP contribution is -2.31. The molecular weight excluding hydrogens is 450 g/mol. The van der Waals surface area contributed by atoms with Gasteiger partial charge in [-0.05, 0) is 42.8 Å². The molecule has 30 heavy (non-hydrogen) atoms. The summed E-state index contributed by atoms with van der Waals surface area (Å²) in [5.41, 5.74) is 1.46. The second kappa shape index (κ2) is 9.34. The van der Waals surface area contributed by atoms with E-state index < -0.39 is 26.0 Å². The molecule has 2 N–H and O–H groups in total. The molecule has 0 fully saturated rings. The monoisotopic (exact) mass is 473 g/mol. The van der Waals surface area contributed by atoms with Crippen LogP contribution in [-0.2, 0) is 20.0 Å². The molecule has 2 aromatic carbocycles. The van der Waals surface area contributed by atoms with E-state index in [9.17, 15) is 21.6 Å². The minimum atomic E-state index is -3.85. The molecule has 0 bridgehead atoms. The van der Waals surface area contributed by atoms with E-state index in [1.807, 2.05) is 0 Å². The Morgan fingerprint density at radius 3 is 2.23 bits per heavy atom. The van der Waals surface area contributed by atoms with Gasteiger partial charge in [0.2, 0.25) is 20.0 Å². The van der Waals surface area contributed by atoms with Gasteiger partial charge in [0.05, 0.1) is 17.0 Å². The molecule has 0 aliphatic heterocycles. The molecule has 0 spiro atoms. The topological polar surface area (TPSA) is 113 Å². The predicted molar refractivity (Wildman–Crippen MR) is 119 cm³/mol. The van der Waals surface area contributed by atoms with Crippen molar-refractivity contribution in [2.24, 2.45) is 0 Å². The maximum Gasteiger partial charge on any atom is 0.255 e. The minimum absolute atomic E-state index is 0.0217. The molecule has 2 aromatic rings. The number of halogens is 1. The van der Waals surface area contributed by atoms with E-state index in [0.717, 1.165) is 6.26 Å². The zero-order valence-electron chi connectivity index (χ0n) is 17.1. The van der Waals surface area contributed by atoms with Crippen molar-refractivity contribution in [1.82, 2.24) is 4.31 Å². The van der Waals surface area contributed by atoms with Crippen molar-refractivity contribution in [2.45, 2.75) is 25.7 Å².